The second-order valence-corrected chi connectivity index (χ2v) is 10.1. The Morgan fingerprint density at radius 3 is 2.63 bits per heavy atom. The molecule has 0 saturated carbocycles. The number of hydrogen-bond acceptors (Lipinski definition) is 7. The van der Waals surface area contributed by atoms with Crippen LogP contribution in [0.25, 0.3) is 22.2 Å². The van der Waals surface area contributed by atoms with Crippen molar-refractivity contribution in [2.45, 2.75) is 6.23 Å². The first-order valence-corrected chi connectivity index (χ1v) is 13.4. The third-order valence-corrected chi connectivity index (χ3v) is 6.53. The van der Waals surface area contributed by atoms with Gasteiger partial charge in [0, 0.05) is 57.9 Å². The molecule has 0 fully saturated rings. The van der Waals surface area contributed by atoms with Gasteiger partial charge in [0.2, 0.25) is 11.9 Å². The van der Waals surface area contributed by atoms with Crippen molar-refractivity contribution < 1.29 is 9.90 Å². The van der Waals surface area contributed by atoms with Crippen molar-refractivity contribution in [3.8, 4) is 11.3 Å². The molecule has 1 unspecified atom stereocenters. The van der Waals surface area contributed by atoms with Gasteiger partial charge in [0.15, 0.2) is 6.23 Å². The monoisotopic (exact) mass is 567 g/mol. The number of fused-ring (bicyclic) bond motifs is 1. The Labute approximate surface area is 242 Å². The van der Waals surface area contributed by atoms with E-state index in [-0.39, 0.29) is 5.91 Å². The lowest BCUT2D eigenvalue weighted by Gasteiger charge is -2.16. The van der Waals surface area contributed by atoms with Crippen molar-refractivity contribution in [3.05, 3.63) is 108 Å². The highest BCUT2D eigenvalue weighted by atomic mass is 35.5. The average molecular weight is 568 g/mol. The van der Waals surface area contributed by atoms with Crippen LogP contribution in [0.15, 0.2) is 97.3 Å². The van der Waals surface area contributed by atoms with Crippen molar-refractivity contribution in [2.24, 2.45) is 0 Å². The minimum absolute atomic E-state index is 0.208. The number of carbonyl (C=O) groups excluding carboxylic acids is 1. The zero-order valence-electron chi connectivity index (χ0n) is 22.6. The smallest absolute Gasteiger partial charge is 0.248 e. The number of aromatic nitrogens is 3. The Morgan fingerprint density at radius 1 is 1.05 bits per heavy atom. The fourth-order valence-corrected chi connectivity index (χ4v) is 4.46. The number of rotatable bonds is 10. The van der Waals surface area contributed by atoms with E-state index in [1.807, 2.05) is 73.7 Å². The number of nitrogens with one attached hydrogen (secondary N) is 4. The number of nitrogens with zero attached hydrogens (tertiary/aromatic N) is 3. The number of aromatic amines is 1. The second kappa shape index (κ2) is 12.6. The fourth-order valence-electron chi connectivity index (χ4n) is 4.27. The molecular weight excluding hydrogens is 538 g/mol. The molecule has 0 bridgehead atoms. The van der Waals surface area contributed by atoms with Crippen LogP contribution in [-0.2, 0) is 4.79 Å². The van der Waals surface area contributed by atoms with Crippen LogP contribution in [0.1, 0.15) is 11.8 Å². The Balaban J connectivity index is 1.24. The maximum atomic E-state index is 12.1. The predicted molar refractivity (Wildman–Crippen MR) is 165 cm³/mol. The van der Waals surface area contributed by atoms with E-state index in [0.717, 1.165) is 22.2 Å². The molecule has 3 aromatic carbocycles. The summed E-state index contributed by atoms with van der Waals surface area (Å²) in [5.74, 6) is 0.185. The first-order chi connectivity index (χ1) is 19.9. The van der Waals surface area contributed by atoms with E-state index in [1.54, 1.807) is 36.5 Å². The molecule has 10 heteroatoms. The van der Waals surface area contributed by atoms with Gasteiger partial charge in [-0.25, -0.2) is 9.97 Å². The van der Waals surface area contributed by atoms with Crippen LogP contribution in [0, 0.1) is 0 Å². The lowest BCUT2D eigenvalue weighted by molar-refractivity contribution is -0.111. The van der Waals surface area contributed by atoms with E-state index in [4.69, 9.17) is 11.6 Å². The quantitative estimate of drug-likeness (QED) is 0.101. The SMILES string of the molecule is CN(C)C/C=C/C(=O)Nc1ccc(C(O)Nc2cccc(Nc3ncc(Cl)c(-c4cccc5[nH]ccc45)n3)c2)cc1. The van der Waals surface area contributed by atoms with Crippen LogP contribution in [0.4, 0.5) is 23.0 Å². The molecule has 1 amide bonds. The van der Waals surface area contributed by atoms with Crippen LogP contribution < -0.4 is 16.0 Å². The van der Waals surface area contributed by atoms with Crippen molar-refractivity contribution in [1.82, 2.24) is 19.9 Å². The summed E-state index contributed by atoms with van der Waals surface area (Å²) in [5, 5.41) is 21.4. The molecular formula is C31H30ClN7O2. The van der Waals surface area contributed by atoms with Gasteiger partial charge in [0.25, 0.3) is 0 Å². The molecule has 0 spiro atoms. The summed E-state index contributed by atoms with van der Waals surface area (Å²) in [6, 6.07) is 22.4. The Bertz CT molecular complexity index is 1680. The fraction of sp³-hybridized carbons (Fsp3) is 0.129. The van der Waals surface area contributed by atoms with Crippen molar-refractivity contribution in [3.63, 3.8) is 0 Å². The van der Waals surface area contributed by atoms with Crippen molar-refractivity contribution >= 4 is 51.4 Å². The molecule has 0 radical (unpaired) electrons. The van der Waals surface area contributed by atoms with Crippen LogP contribution in [0.2, 0.25) is 5.02 Å². The van der Waals surface area contributed by atoms with E-state index in [1.165, 1.54) is 6.08 Å². The van der Waals surface area contributed by atoms with Gasteiger partial charge < -0.3 is 30.9 Å². The zero-order chi connectivity index (χ0) is 28.8. The second-order valence-electron chi connectivity index (χ2n) is 9.66. The number of halogens is 1. The highest BCUT2D eigenvalue weighted by molar-refractivity contribution is 6.33. The van der Waals surface area contributed by atoms with E-state index in [2.05, 4.69) is 30.9 Å². The van der Waals surface area contributed by atoms with Gasteiger partial charge in [-0.15, -0.1) is 0 Å². The van der Waals surface area contributed by atoms with Gasteiger partial charge in [-0.1, -0.05) is 48.0 Å². The largest absolute Gasteiger partial charge is 0.369 e. The molecule has 5 rings (SSSR count). The number of amides is 1. The van der Waals surface area contributed by atoms with E-state index >= 15 is 0 Å². The first-order valence-electron chi connectivity index (χ1n) is 13.0. The molecule has 2 aromatic heterocycles. The van der Waals surface area contributed by atoms with Gasteiger partial charge in [-0.3, -0.25) is 4.79 Å². The molecule has 1 atom stereocenters. The molecule has 0 saturated heterocycles. The minimum Gasteiger partial charge on any atom is -0.369 e. The molecule has 0 aliphatic heterocycles. The number of hydrogen-bond donors (Lipinski definition) is 5. The van der Waals surface area contributed by atoms with Gasteiger partial charge in [-0.2, -0.15) is 0 Å². The van der Waals surface area contributed by atoms with Crippen molar-refractivity contribution in [1.29, 1.82) is 0 Å². The third-order valence-electron chi connectivity index (χ3n) is 6.25. The predicted octanol–water partition coefficient (Wildman–Crippen LogP) is 6.18. The van der Waals surface area contributed by atoms with Crippen molar-refractivity contribution in [2.75, 3.05) is 36.6 Å². The molecule has 208 valence electrons. The summed E-state index contributed by atoms with van der Waals surface area (Å²) in [5.41, 5.74) is 5.24. The summed E-state index contributed by atoms with van der Waals surface area (Å²) in [7, 11) is 3.87. The third kappa shape index (κ3) is 7.09. The zero-order valence-corrected chi connectivity index (χ0v) is 23.4. The van der Waals surface area contributed by atoms with Crippen LogP contribution >= 0.6 is 11.6 Å². The highest BCUT2D eigenvalue weighted by Crippen LogP contribution is 2.32. The van der Waals surface area contributed by atoms with Gasteiger partial charge in [0.1, 0.15) is 0 Å². The number of anilines is 4. The molecule has 9 nitrogen and oxygen atoms in total. The molecule has 5 N–H and O–H groups in total. The van der Waals surface area contributed by atoms with Crippen LogP contribution in [0.5, 0.6) is 0 Å². The minimum atomic E-state index is -0.963. The summed E-state index contributed by atoms with van der Waals surface area (Å²) in [4.78, 5) is 26.3. The standard InChI is InChI=1S/C31H30ClN7O2/c1-39(2)17-5-10-28(40)35-21-13-11-20(12-14-21)30(41)36-22-6-3-7-23(18-22)37-31-34-19-26(32)29(38-31)25-8-4-9-27-24(25)15-16-33-27/h3-16,18-19,30,33,36,41H,17H2,1-2H3,(H,35,40)(H,34,37,38)/b10-5+. The molecule has 0 aliphatic carbocycles. The van der Waals surface area contributed by atoms with Gasteiger partial charge in [-0.05, 0) is 56.6 Å². The summed E-state index contributed by atoms with van der Waals surface area (Å²) in [6.07, 6.45) is 5.80. The maximum absolute atomic E-state index is 12.1. The average Bonchev–Trinajstić information content (AvgIpc) is 3.44. The topological polar surface area (TPSA) is 118 Å². The summed E-state index contributed by atoms with van der Waals surface area (Å²) < 4.78 is 0. The normalized spacial score (nSPS) is 12.1. The first kappa shape index (κ1) is 27.9. The highest BCUT2D eigenvalue weighted by Gasteiger charge is 2.13. The van der Waals surface area contributed by atoms with Crippen LogP contribution in [-0.4, -0.2) is 51.5 Å². The maximum Gasteiger partial charge on any atom is 0.248 e. The number of benzene rings is 3. The van der Waals surface area contributed by atoms with E-state index in [0.29, 0.717) is 40.1 Å². The molecule has 5 aromatic rings. The number of aliphatic hydroxyl groups excluding tert-OH is 1. The summed E-state index contributed by atoms with van der Waals surface area (Å²) >= 11 is 6.48. The summed E-state index contributed by atoms with van der Waals surface area (Å²) in [6.45, 7) is 0.680. The lowest BCUT2D eigenvalue weighted by atomic mass is 10.1. The van der Waals surface area contributed by atoms with E-state index < -0.39 is 6.23 Å². The lowest BCUT2D eigenvalue weighted by Crippen LogP contribution is -2.13. The Hall–Kier alpha value is -4.70. The molecule has 2 heterocycles. The number of carbonyl (C=O) groups is 1. The Morgan fingerprint density at radius 2 is 1.83 bits per heavy atom. The van der Waals surface area contributed by atoms with Crippen LogP contribution in [0.3, 0.4) is 0 Å². The number of likely N-dealkylation sites (N-methyl/N-ethyl adjacent to an activating group) is 1. The molecule has 41 heavy (non-hydrogen) atoms. The van der Waals surface area contributed by atoms with E-state index in [9.17, 15) is 9.90 Å². The van der Waals surface area contributed by atoms with Gasteiger partial charge in [0.05, 0.1) is 16.9 Å². The van der Waals surface area contributed by atoms with Gasteiger partial charge >= 0.3 is 0 Å². The number of aliphatic hydroxyl groups is 1. The Kier molecular flexibility index (Phi) is 8.59. The molecule has 0 aliphatic rings. The number of H-pyrrole nitrogens is 1.